The van der Waals surface area contributed by atoms with Crippen molar-refractivity contribution in [2.24, 2.45) is 22.7 Å². The third-order valence-electron chi connectivity index (χ3n) is 14.0. The lowest BCUT2D eigenvalue weighted by atomic mass is 9.74. The molecule has 16 heteroatoms. The van der Waals surface area contributed by atoms with Crippen LogP contribution in [-0.4, -0.2) is 148 Å². The second kappa shape index (κ2) is 20.3. The molecule has 0 saturated carbocycles. The molecule has 346 valence electrons. The van der Waals surface area contributed by atoms with E-state index in [1.165, 1.54) is 46.2 Å². The molecular weight excluding hydrogens is 831 g/mol. The van der Waals surface area contributed by atoms with Gasteiger partial charge in [-0.3, -0.25) is 25.2 Å². The summed E-state index contributed by atoms with van der Waals surface area (Å²) in [6, 6.07) is 10.7. The first-order valence-corrected chi connectivity index (χ1v) is 22.6. The highest BCUT2D eigenvalue weighted by Crippen LogP contribution is 2.50. The molecule has 0 spiro atoms. The number of amides is 3. The Morgan fingerprint density at radius 2 is 1.43 bits per heavy atom. The number of quaternary nitrogens is 2. The lowest BCUT2D eigenvalue weighted by Crippen LogP contribution is -2.75. The van der Waals surface area contributed by atoms with E-state index in [9.17, 15) is 24.0 Å². The van der Waals surface area contributed by atoms with Crippen molar-refractivity contribution in [1.82, 2.24) is 15.5 Å². The second-order valence-corrected chi connectivity index (χ2v) is 17.8. The molecule has 4 saturated heterocycles. The Balaban J connectivity index is 0.988. The third kappa shape index (κ3) is 9.74. The quantitative estimate of drug-likeness (QED) is 0.0277. The molecule has 8 rings (SSSR count). The summed E-state index contributed by atoms with van der Waals surface area (Å²) in [7, 11) is 0. The molecule has 3 unspecified atom stereocenters. The number of anilines is 1. The number of aliphatic imine (C=N–C) groups is 1. The fourth-order valence-corrected chi connectivity index (χ4v) is 10.5. The van der Waals surface area contributed by atoms with E-state index in [0.717, 1.165) is 85.4 Å². The number of alkyl carbamates (subject to hydrolysis) is 2. The largest absolute Gasteiger partial charge is 0.461 e. The number of carbonyl (C=O) groups excluding carboxylic acids is 5. The molecule has 2 N–H and O–H groups in total. The Hall–Kier alpha value is -6.26. The third-order valence-corrected chi connectivity index (χ3v) is 14.0. The van der Waals surface area contributed by atoms with E-state index < -0.39 is 36.0 Å². The number of hydrogen-bond acceptors (Lipinski definition) is 11. The minimum absolute atomic E-state index is 0.0199. The standard InChI is InChI=1S/C49H61N7O9/c1-7-27-62-45(58)34(6)40-42-33(5)38(43(54(42)44(40)57)46(59)63-28-8-2)32-53-31-36-16-15-35(37-13-11-14-39(53)41(36)37)17-20-56-24-21-55(22-25-56,23-26-56)19-12-18-50-47(51-48(60)64-29-9-3)52-49(61)65-30-10-4/h7-11,13-16,33-34,40,42H,1-4,12,17-32H2,5-6H3/p+2/t33-,34?,40?,42?,55?,56?/m0/s1. The average molecular weight is 894 g/mol. The van der Waals surface area contributed by atoms with Gasteiger partial charge in [0.15, 0.2) is 0 Å². The molecule has 3 amide bonds. The van der Waals surface area contributed by atoms with Crippen molar-refractivity contribution in [3.05, 3.63) is 103 Å². The van der Waals surface area contributed by atoms with E-state index >= 15 is 0 Å². The monoisotopic (exact) mass is 893 g/mol. The molecule has 0 aromatic heterocycles. The molecule has 65 heavy (non-hydrogen) atoms. The number of esters is 2. The van der Waals surface area contributed by atoms with Gasteiger partial charge in [-0.15, -0.1) is 0 Å². The summed E-state index contributed by atoms with van der Waals surface area (Å²) < 4.78 is 23.0. The van der Waals surface area contributed by atoms with Gasteiger partial charge in [-0.1, -0.05) is 88.7 Å². The van der Waals surface area contributed by atoms with Crippen LogP contribution in [0.4, 0.5) is 15.3 Å². The number of guanidine groups is 1. The minimum Gasteiger partial charge on any atom is -0.461 e. The van der Waals surface area contributed by atoms with Crippen molar-refractivity contribution < 1.29 is 51.9 Å². The Morgan fingerprint density at radius 1 is 0.831 bits per heavy atom. The summed E-state index contributed by atoms with van der Waals surface area (Å²) in [5.74, 6) is -2.80. The van der Waals surface area contributed by atoms with Crippen LogP contribution < -0.4 is 15.5 Å². The highest BCUT2D eigenvalue weighted by molar-refractivity contribution is 6.04. The van der Waals surface area contributed by atoms with Crippen molar-refractivity contribution in [2.45, 2.75) is 39.3 Å². The number of ether oxygens (including phenoxy) is 4. The van der Waals surface area contributed by atoms with Crippen molar-refractivity contribution in [1.29, 1.82) is 0 Å². The molecule has 0 radical (unpaired) electrons. The van der Waals surface area contributed by atoms with Crippen LogP contribution in [0, 0.1) is 17.8 Å². The van der Waals surface area contributed by atoms with E-state index in [0.29, 0.717) is 19.6 Å². The van der Waals surface area contributed by atoms with E-state index in [1.807, 2.05) is 6.92 Å². The predicted octanol–water partition coefficient (Wildman–Crippen LogP) is 4.76. The maximum atomic E-state index is 13.7. The van der Waals surface area contributed by atoms with Crippen LogP contribution in [0.3, 0.4) is 0 Å². The maximum Gasteiger partial charge on any atom is 0.414 e. The Labute approximate surface area is 381 Å². The van der Waals surface area contributed by atoms with Crippen LogP contribution in [0.15, 0.2) is 97.2 Å². The zero-order chi connectivity index (χ0) is 46.3. The highest BCUT2D eigenvalue weighted by Gasteiger charge is 2.61. The Morgan fingerprint density at radius 3 is 2.06 bits per heavy atom. The first-order chi connectivity index (χ1) is 31.4. The molecule has 2 bridgehead atoms. The molecule has 4 fully saturated rings. The van der Waals surface area contributed by atoms with Gasteiger partial charge in [-0.05, 0) is 28.2 Å². The molecular formula is C49H63N7O9+2. The van der Waals surface area contributed by atoms with Gasteiger partial charge < -0.3 is 37.7 Å². The highest BCUT2D eigenvalue weighted by atomic mass is 16.6. The maximum absolute atomic E-state index is 13.7. The molecule has 4 atom stereocenters. The van der Waals surface area contributed by atoms with Gasteiger partial charge in [0.05, 0.1) is 31.0 Å². The zero-order valence-electron chi connectivity index (χ0n) is 37.8. The summed E-state index contributed by atoms with van der Waals surface area (Å²) in [6.45, 7) is 28.4. The number of carbonyl (C=O) groups is 5. The van der Waals surface area contributed by atoms with Crippen molar-refractivity contribution in [3.8, 4) is 0 Å². The summed E-state index contributed by atoms with van der Waals surface area (Å²) in [6.07, 6.45) is 6.14. The second-order valence-electron chi connectivity index (χ2n) is 17.8. The van der Waals surface area contributed by atoms with Crippen molar-refractivity contribution in [2.75, 3.05) is 96.8 Å². The minimum atomic E-state index is -0.753. The number of hydrogen-bond donors (Lipinski definition) is 2. The molecule has 6 heterocycles. The van der Waals surface area contributed by atoms with Crippen LogP contribution in [-0.2, 0) is 46.3 Å². The molecule has 16 nitrogen and oxygen atoms in total. The summed E-state index contributed by atoms with van der Waals surface area (Å²) >= 11 is 0. The lowest BCUT2D eigenvalue weighted by Gasteiger charge is -2.55. The van der Waals surface area contributed by atoms with Gasteiger partial charge in [0.1, 0.15) is 71.4 Å². The van der Waals surface area contributed by atoms with Gasteiger partial charge in [0, 0.05) is 49.5 Å². The summed E-state index contributed by atoms with van der Waals surface area (Å²) in [5, 5.41) is 7.43. The first-order valence-electron chi connectivity index (χ1n) is 22.6. The Bertz CT molecular complexity index is 2250. The van der Waals surface area contributed by atoms with E-state index in [-0.39, 0.29) is 56.0 Å². The van der Waals surface area contributed by atoms with E-state index in [1.54, 1.807) is 11.8 Å². The number of piperazine rings is 3. The zero-order valence-corrected chi connectivity index (χ0v) is 37.8. The van der Waals surface area contributed by atoms with Crippen LogP contribution in [0.2, 0.25) is 0 Å². The van der Waals surface area contributed by atoms with Crippen LogP contribution in [0.5, 0.6) is 0 Å². The fraction of sp³-hybridized carbons (Fsp3) is 0.469. The van der Waals surface area contributed by atoms with Gasteiger partial charge >= 0.3 is 24.1 Å². The van der Waals surface area contributed by atoms with Crippen LogP contribution in [0.25, 0.3) is 10.8 Å². The number of β-lactam (4-membered cyclic amide) rings is 1. The molecule has 6 aliphatic rings. The van der Waals surface area contributed by atoms with Gasteiger partial charge in [0.2, 0.25) is 11.9 Å². The van der Waals surface area contributed by atoms with Gasteiger partial charge in [0.25, 0.3) is 0 Å². The number of nitrogens with zero attached hydrogens (tertiary/aromatic N) is 5. The van der Waals surface area contributed by atoms with Crippen LogP contribution >= 0.6 is 0 Å². The number of fused-ring (bicyclic) bond motifs is 4. The van der Waals surface area contributed by atoms with Crippen molar-refractivity contribution >= 4 is 52.5 Å². The van der Waals surface area contributed by atoms with Crippen molar-refractivity contribution in [3.63, 3.8) is 0 Å². The smallest absolute Gasteiger partial charge is 0.414 e. The number of nitrogens with one attached hydrogen (secondary N) is 2. The van der Waals surface area contributed by atoms with Crippen LogP contribution in [0.1, 0.15) is 31.4 Å². The summed E-state index contributed by atoms with van der Waals surface area (Å²) in [5.41, 5.74) is 4.75. The normalized spacial score (nSPS) is 24.0. The first kappa shape index (κ1) is 46.7. The summed E-state index contributed by atoms with van der Waals surface area (Å²) in [4.78, 5) is 72.9. The lowest BCUT2D eigenvalue weighted by molar-refractivity contribution is -1.08. The van der Waals surface area contributed by atoms with Gasteiger partial charge in [-0.2, -0.15) is 0 Å². The number of rotatable bonds is 20. The molecule has 6 aliphatic heterocycles. The topological polar surface area (TPSA) is 165 Å². The van der Waals surface area contributed by atoms with E-state index in [2.05, 4.69) is 77.2 Å². The predicted molar refractivity (Wildman–Crippen MR) is 246 cm³/mol. The van der Waals surface area contributed by atoms with Gasteiger partial charge in [-0.25, -0.2) is 14.4 Å². The van der Waals surface area contributed by atoms with E-state index in [4.69, 9.17) is 18.9 Å². The Kier molecular flexibility index (Phi) is 14.6. The fourth-order valence-electron chi connectivity index (χ4n) is 10.5. The molecule has 2 aromatic carbocycles. The number of benzene rings is 2. The molecule has 2 aromatic rings. The average Bonchev–Trinajstić information content (AvgIpc) is 3.79. The SMILES string of the molecule is C=CCOC(=O)NC(=NCCC[N+]12CC[N+](CCc3ccc4c5c(cccc35)N(CC3=C(C(=O)OCC=C)N5C(=O)C(C(C)C(=O)OCC=C)C5[C@H]3C)C4)(CC1)CC2)NC(=O)OCC=C. The molecule has 0 aliphatic carbocycles.